The van der Waals surface area contributed by atoms with Gasteiger partial charge in [0.2, 0.25) is 0 Å². The quantitative estimate of drug-likeness (QED) is 0.677. The van der Waals surface area contributed by atoms with Crippen molar-refractivity contribution in [3.05, 3.63) is 0 Å². The van der Waals surface area contributed by atoms with Crippen molar-refractivity contribution < 1.29 is 0 Å². The van der Waals surface area contributed by atoms with Crippen LogP contribution in [0, 0.1) is 23.7 Å². The second kappa shape index (κ2) is 5.94. The van der Waals surface area contributed by atoms with E-state index in [1.54, 1.807) is 12.8 Å². The molecule has 3 aliphatic rings. The zero-order chi connectivity index (χ0) is 12.4. The van der Waals surface area contributed by atoms with E-state index in [4.69, 9.17) is 0 Å². The third-order valence-corrected chi connectivity index (χ3v) is 6.10. The van der Waals surface area contributed by atoms with Crippen LogP contribution >= 0.6 is 0 Å². The average molecular weight is 249 g/mol. The van der Waals surface area contributed by atoms with Gasteiger partial charge in [0.05, 0.1) is 0 Å². The molecule has 2 saturated carbocycles. The summed E-state index contributed by atoms with van der Waals surface area (Å²) >= 11 is 0. The maximum absolute atomic E-state index is 2.59. The molecular formula is C17H31N. The number of nitrogens with zero attached hydrogens (tertiary/aromatic N) is 1. The molecule has 1 saturated heterocycles. The van der Waals surface area contributed by atoms with Gasteiger partial charge in [0, 0.05) is 13.1 Å². The standard InChI is InChI=1S/C17H31N/c1-18-12-16(10-8-14-4-2-5-14)17(13-18)11-9-15-6-3-7-15/h14-17H,2-13H2,1H3. The highest BCUT2D eigenvalue weighted by Crippen LogP contribution is 2.38. The lowest BCUT2D eigenvalue weighted by atomic mass is 9.76. The first kappa shape index (κ1) is 13.0. The molecule has 3 rings (SSSR count). The monoisotopic (exact) mass is 249 g/mol. The molecule has 0 radical (unpaired) electrons. The van der Waals surface area contributed by atoms with E-state index in [0.29, 0.717) is 0 Å². The molecule has 1 aliphatic heterocycles. The molecule has 0 aromatic heterocycles. The number of hydrogen-bond acceptors (Lipinski definition) is 1. The van der Waals surface area contributed by atoms with Crippen molar-refractivity contribution in [1.29, 1.82) is 0 Å². The molecule has 0 aromatic rings. The van der Waals surface area contributed by atoms with Gasteiger partial charge in [-0.15, -0.1) is 0 Å². The van der Waals surface area contributed by atoms with Crippen LogP contribution in [0.25, 0.3) is 0 Å². The maximum atomic E-state index is 2.59. The summed E-state index contributed by atoms with van der Waals surface area (Å²) in [6.07, 6.45) is 15.3. The molecule has 1 heteroatoms. The number of rotatable bonds is 6. The Hall–Kier alpha value is -0.0400. The van der Waals surface area contributed by atoms with Crippen LogP contribution in [0.1, 0.15) is 64.2 Å². The fourth-order valence-electron chi connectivity index (χ4n) is 4.29. The molecule has 0 spiro atoms. The summed E-state index contributed by atoms with van der Waals surface area (Å²) in [5.41, 5.74) is 0. The summed E-state index contributed by atoms with van der Waals surface area (Å²) in [5, 5.41) is 0. The molecule has 0 N–H and O–H groups in total. The Bertz CT molecular complexity index is 228. The molecule has 18 heavy (non-hydrogen) atoms. The molecule has 1 nitrogen and oxygen atoms in total. The molecule has 3 fully saturated rings. The van der Waals surface area contributed by atoms with Crippen molar-refractivity contribution in [3.8, 4) is 0 Å². The third-order valence-electron chi connectivity index (χ3n) is 6.10. The summed E-state index contributed by atoms with van der Waals surface area (Å²) in [4.78, 5) is 2.59. The second-order valence-corrected chi connectivity index (χ2v) is 7.49. The summed E-state index contributed by atoms with van der Waals surface area (Å²) in [7, 11) is 2.33. The van der Waals surface area contributed by atoms with E-state index in [1.165, 1.54) is 64.5 Å². The van der Waals surface area contributed by atoms with Gasteiger partial charge in [-0.3, -0.25) is 0 Å². The maximum Gasteiger partial charge on any atom is 0.000985 e. The fourth-order valence-corrected chi connectivity index (χ4v) is 4.29. The Kier molecular flexibility index (Phi) is 4.28. The zero-order valence-corrected chi connectivity index (χ0v) is 12.2. The first-order valence-corrected chi connectivity index (χ1v) is 8.50. The second-order valence-electron chi connectivity index (χ2n) is 7.49. The third kappa shape index (κ3) is 3.10. The highest BCUT2D eigenvalue weighted by molar-refractivity contribution is 4.85. The van der Waals surface area contributed by atoms with Crippen LogP contribution in [-0.4, -0.2) is 25.0 Å². The van der Waals surface area contributed by atoms with Crippen LogP contribution in [0.5, 0.6) is 0 Å². The molecule has 1 heterocycles. The van der Waals surface area contributed by atoms with Crippen molar-refractivity contribution >= 4 is 0 Å². The molecule has 0 aromatic carbocycles. The zero-order valence-electron chi connectivity index (χ0n) is 12.2. The first-order valence-electron chi connectivity index (χ1n) is 8.50. The van der Waals surface area contributed by atoms with E-state index in [0.717, 1.165) is 23.7 Å². The van der Waals surface area contributed by atoms with Crippen LogP contribution < -0.4 is 0 Å². The predicted octanol–water partition coefficient (Wildman–Crippen LogP) is 4.32. The fraction of sp³-hybridized carbons (Fsp3) is 1.00. The highest BCUT2D eigenvalue weighted by Gasteiger charge is 2.32. The van der Waals surface area contributed by atoms with Crippen molar-refractivity contribution in [1.82, 2.24) is 4.90 Å². The van der Waals surface area contributed by atoms with Gasteiger partial charge in [-0.2, -0.15) is 0 Å². The van der Waals surface area contributed by atoms with Crippen molar-refractivity contribution in [2.45, 2.75) is 64.2 Å². The van der Waals surface area contributed by atoms with Crippen LogP contribution in [0.2, 0.25) is 0 Å². The van der Waals surface area contributed by atoms with Crippen LogP contribution in [-0.2, 0) is 0 Å². The highest BCUT2D eigenvalue weighted by atomic mass is 15.1. The van der Waals surface area contributed by atoms with Crippen molar-refractivity contribution in [2.24, 2.45) is 23.7 Å². The minimum absolute atomic E-state index is 1.04. The van der Waals surface area contributed by atoms with E-state index in [-0.39, 0.29) is 0 Å². The van der Waals surface area contributed by atoms with Gasteiger partial charge in [0.25, 0.3) is 0 Å². The number of hydrogen-bond donors (Lipinski definition) is 0. The smallest absolute Gasteiger partial charge is 0.000985 e. The van der Waals surface area contributed by atoms with E-state index >= 15 is 0 Å². The van der Waals surface area contributed by atoms with E-state index in [2.05, 4.69) is 11.9 Å². The minimum Gasteiger partial charge on any atom is -0.306 e. The largest absolute Gasteiger partial charge is 0.306 e. The lowest BCUT2D eigenvalue weighted by Crippen LogP contribution is -2.19. The SMILES string of the molecule is CN1CC(CCC2CCC2)C(CCC2CCC2)C1. The van der Waals surface area contributed by atoms with Gasteiger partial charge in [-0.05, 0) is 43.6 Å². The lowest BCUT2D eigenvalue weighted by molar-refractivity contribution is 0.232. The van der Waals surface area contributed by atoms with Crippen molar-refractivity contribution in [3.63, 3.8) is 0 Å². The van der Waals surface area contributed by atoms with Gasteiger partial charge in [-0.1, -0.05) is 51.4 Å². The van der Waals surface area contributed by atoms with Gasteiger partial charge < -0.3 is 4.90 Å². The Balaban J connectivity index is 1.40. The predicted molar refractivity (Wildman–Crippen MR) is 77.6 cm³/mol. The molecule has 2 atom stereocenters. The Labute approximate surface area is 113 Å². The summed E-state index contributed by atoms with van der Waals surface area (Å²) in [5.74, 6) is 4.30. The normalized spacial score (nSPS) is 34.5. The molecule has 0 amide bonds. The minimum atomic E-state index is 1.04. The Morgan fingerprint density at radius 2 is 1.17 bits per heavy atom. The van der Waals surface area contributed by atoms with Crippen LogP contribution in [0.15, 0.2) is 0 Å². The summed E-state index contributed by atoms with van der Waals surface area (Å²) in [6.45, 7) is 2.78. The van der Waals surface area contributed by atoms with Gasteiger partial charge in [0.1, 0.15) is 0 Å². The topological polar surface area (TPSA) is 3.24 Å². The molecular weight excluding hydrogens is 218 g/mol. The average Bonchev–Trinajstić information content (AvgIpc) is 2.55. The van der Waals surface area contributed by atoms with E-state index < -0.39 is 0 Å². The first-order chi connectivity index (χ1) is 8.81. The van der Waals surface area contributed by atoms with Gasteiger partial charge in [-0.25, -0.2) is 0 Å². The van der Waals surface area contributed by atoms with Crippen LogP contribution in [0.4, 0.5) is 0 Å². The van der Waals surface area contributed by atoms with Gasteiger partial charge in [0.15, 0.2) is 0 Å². The van der Waals surface area contributed by atoms with E-state index in [1.807, 2.05) is 0 Å². The van der Waals surface area contributed by atoms with Gasteiger partial charge >= 0.3 is 0 Å². The van der Waals surface area contributed by atoms with Crippen molar-refractivity contribution in [2.75, 3.05) is 20.1 Å². The Morgan fingerprint density at radius 3 is 1.50 bits per heavy atom. The molecule has 0 bridgehead atoms. The summed E-state index contributed by atoms with van der Waals surface area (Å²) < 4.78 is 0. The summed E-state index contributed by atoms with van der Waals surface area (Å²) in [6, 6.07) is 0. The molecule has 2 aliphatic carbocycles. The molecule has 104 valence electrons. The molecule has 2 unspecified atom stereocenters. The van der Waals surface area contributed by atoms with E-state index in [9.17, 15) is 0 Å². The van der Waals surface area contributed by atoms with Crippen LogP contribution in [0.3, 0.4) is 0 Å². The number of likely N-dealkylation sites (tertiary alicyclic amines) is 1. The lowest BCUT2D eigenvalue weighted by Gasteiger charge is -2.29. The Morgan fingerprint density at radius 1 is 0.722 bits per heavy atom.